The molecule has 0 saturated carbocycles. The zero-order chi connectivity index (χ0) is 21.6. The molecule has 0 aliphatic heterocycles. The first-order valence-electron chi connectivity index (χ1n) is 9.06. The minimum Gasteiger partial charge on any atom is -0.480 e. The lowest BCUT2D eigenvalue weighted by molar-refractivity contribution is -0.164. The third-order valence-corrected chi connectivity index (χ3v) is 4.47. The molecule has 2 aromatic rings. The molecule has 0 amide bonds. The molecule has 0 aliphatic carbocycles. The van der Waals surface area contributed by atoms with Gasteiger partial charge in [-0.25, -0.2) is 8.78 Å². The number of aromatic nitrogens is 1. The van der Waals surface area contributed by atoms with Gasteiger partial charge < -0.3 is 9.84 Å². The molecule has 0 aliphatic rings. The van der Waals surface area contributed by atoms with E-state index in [9.17, 15) is 28.3 Å². The van der Waals surface area contributed by atoms with Gasteiger partial charge in [-0.2, -0.15) is 0 Å². The van der Waals surface area contributed by atoms with Gasteiger partial charge in [-0.1, -0.05) is 19.1 Å². The van der Waals surface area contributed by atoms with Crippen molar-refractivity contribution in [1.82, 2.24) is 4.98 Å². The largest absolute Gasteiger partial charge is 0.480 e. The number of esters is 1. The molecule has 0 spiro atoms. The standard InChI is InChI=1S/C21H21F2NO5/c1-3-12(2)29-21(28)18(20(26)27)19(25)14(17-6-4-5-9-24-17)10-13-7-8-15(22)16(23)11-13/h4-9,11-12,14,18H,3,10H2,1-2H3,(H,26,27). The summed E-state index contributed by atoms with van der Waals surface area (Å²) in [6.07, 6.45) is 1.14. The number of Topliss-reactive ketones (excluding diaryl/α,β-unsaturated/α-hetero) is 1. The topological polar surface area (TPSA) is 93.6 Å². The van der Waals surface area contributed by atoms with Crippen LogP contribution in [0.5, 0.6) is 0 Å². The molecule has 1 heterocycles. The van der Waals surface area contributed by atoms with E-state index in [1.54, 1.807) is 26.0 Å². The number of benzene rings is 1. The fraction of sp³-hybridized carbons (Fsp3) is 0.333. The van der Waals surface area contributed by atoms with Crippen LogP contribution in [0.1, 0.15) is 37.4 Å². The highest BCUT2D eigenvalue weighted by atomic mass is 19.2. The van der Waals surface area contributed by atoms with Crippen LogP contribution in [-0.4, -0.2) is 33.9 Å². The Morgan fingerprint density at radius 1 is 1.14 bits per heavy atom. The number of ether oxygens (including phenoxy) is 1. The minimum absolute atomic E-state index is 0.159. The molecule has 8 heteroatoms. The number of hydrogen-bond acceptors (Lipinski definition) is 5. The SMILES string of the molecule is CCC(C)OC(=O)C(C(=O)O)C(=O)C(Cc1ccc(F)c(F)c1)c1ccccn1. The first-order valence-corrected chi connectivity index (χ1v) is 9.06. The first-order chi connectivity index (χ1) is 13.7. The van der Waals surface area contributed by atoms with Crippen LogP contribution < -0.4 is 0 Å². The quantitative estimate of drug-likeness (QED) is 0.508. The van der Waals surface area contributed by atoms with Crippen molar-refractivity contribution in [3.63, 3.8) is 0 Å². The molecular weight excluding hydrogens is 384 g/mol. The summed E-state index contributed by atoms with van der Waals surface area (Å²) in [5, 5.41) is 9.49. The van der Waals surface area contributed by atoms with Crippen LogP contribution >= 0.6 is 0 Å². The van der Waals surface area contributed by atoms with Crippen LogP contribution in [0.15, 0.2) is 42.6 Å². The average Bonchev–Trinajstić information content (AvgIpc) is 2.69. The number of rotatable bonds is 9. The highest BCUT2D eigenvalue weighted by Gasteiger charge is 2.41. The maximum Gasteiger partial charge on any atom is 0.328 e. The van der Waals surface area contributed by atoms with Crippen LogP contribution in [-0.2, 0) is 25.5 Å². The number of halogens is 2. The number of ketones is 1. The van der Waals surface area contributed by atoms with E-state index in [0.717, 1.165) is 12.1 Å². The Hall–Kier alpha value is -3.16. The second-order valence-corrected chi connectivity index (χ2v) is 6.59. The van der Waals surface area contributed by atoms with E-state index in [4.69, 9.17) is 4.74 Å². The molecule has 29 heavy (non-hydrogen) atoms. The lowest BCUT2D eigenvalue weighted by Crippen LogP contribution is -2.38. The van der Waals surface area contributed by atoms with Crippen LogP contribution in [0.25, 0.3) is 0 Å². The second-order valence-electron chi connectivity index (χ2n) is 6.59. The molecule has 1 aromatic heterocycles. The van der Waals surface area contributed by atoms with Crippen molar-refractivity contribution in [3.8, 4) is 0 Å². The van der Waals surface area contributed by atoms with E-state index in [1.807, 2.05) is 0 Å². The summed E-state index contributed by atoms with van der Waals surface area (Å²) < 4.78 is 31.9. The third-order valence-electron chi connectivity index (χ3n) is 4.47. The third kappa shape index (κ3) is 5.66. The molecule has 0 saturated heterocycles. The summed E-state index contributed by atoms with van der Waals surface area (Å²) in [4.78, 5) is 41.2. The van der Waals surface area contributed by atoms with Crippen LogP contribution in [0.2, 0.25) is 0 Å². The van der Waals surface area contributed by atoms with E-state index in [-0.39, 0.29) is 17.7 Å². The van der Waals surface area contributed by atoms with Crippen LogP contribution in [0, 0.1) is 17.6 Å². The van der Waals surface area contributed by atoms with E-state index < -0.39 is 47.3 Å². The predicted octanol–water partition coefficient (Wildman–Crippen LogP) is 3.30. The Morgan fingerprint density at radius 2 is 1.86 bits per heavy atom. The predicted molar refractivity (Wildman–Crippen MR) is 99.0 cm³/mol. The fourth-order valence-electron chi connectivity index (χ4n) is 2.72. The molecule has 154 valence electrons. The van der Waals surface area contributed by atoms with Crippen LogP contribution in [0.3, 0.4) is 0 Å². The number of aliphatic carboxylic acids is 1. The number of nitrogens with zero attached hydrogens (tertiary/aromatic N) is 1. The minimum atomic E-state index is -2.05. The summed E-state index contributed by atoms with van der Waals surface area (Å²) in [5.41, 5.74) is 0.470. The zero-order valence-electron chi connectivity index (χ0n) is 16.0. The Kier molecular flexibility index (Phi) is 7.52. The van der Waals surface area contributed by atoms with Gasteiger partial charge >= 0.3 is 11.9 Å². The monoisotopic (exact) mass is 405 g/mol. The second kappa shape index (κ2) is 9.86. The molecule has 0 radical (unpaired) electrons. The zero-order valence-corrected chi connectivity index (χ0v) is 16.0. The average molecular weight is 405 g/mol. The molecule has 2 rings (SSSR count). The van der Waals surface area contributed by atoms with Crippen molar-refractivity contribution in [3.05, 3.63) is 65.5 Å². The van der Waals surface area contributed by atoms with E-state index in [2.05, 4.69) is 4.98 Å². The van der Waals surface area contributed by atoms with Crippen molar-refractivity contribution in [1.29, 1.82) is 0 Å². The Balaban J connectivity index is 2.40. The lowest BCUT2D eigenvalue weighted by Gasteiger charge is -2.20. The van der Waals surface area contributed by atoms with Crippen molar-refractivity contribution in [2.75, 3.05) is 0 Å². The maximum absolute atomic E-state index is 13.6. The van der Waals surface area contributed by atoms with Crippen molar-refractivity contribution < 1.29 is 33.0 Å². The van der Waals surface area contributed by atoms with Gasteiger partial charge in [0.25, 0.3) is 0 Å². The lowest BCUT2D eigenvalue weighted by atomic mass is 9.85. The van der Waals surface area contributed by atoms with Gasteiger partial charge in [0, 0.05) is 6.20 Å². The number of carboxylic acids is 1. The summed E-state index contributed by atoms with van der Waals surface area (Å²) in [5.74, 6) is -9.10. The van der Waals surface area contributed by atoms with Gasteiger partial charge in [-0.15, -0.1) is 0 Å². The number of carboxylic acid groups (broad SMARTS) is 1. The highest BCUT2D eigenvalue weighted by Crippen LogP contribution is 2.26. The number of carbonyl (C=O) groups is 3. The Morgan fingerprint density at radius 3 is 2.41 bits per heavy atom. The first kappa shape index (κ1) is 22.1. The van der Waals surface area contributed by atoms with Gasteiger partial charge in [-0.05, 0) is 49.6 Å². The maximum atomic E-state index is 13.6. The smallest absolute Gasteiger partial charge is 0.328 e. The van der Waals surface area contributed by atoms with Gasteiger partial charge in [0.05, 0.1) is 17.7 Å². The Labute approximate surface area is 166 Å². The number of carbonyl (C=O) groups excluding carboxylic acids is 2. The highest BCUT2D eigenvalue weighted by molar-refractivity contribution is 6.16. The van der Waals surface area contributed by atoms with Gasteiger partial charge in [0.2, 0.25) is 5.92 Å². The molecule has 0 bridgehead atoms. The van der Waals surface area contributed by atoms with Gasteiger partial charge in [-0.3, -0.25) is 19.4 Å². The number of hydrogen-bond donors (Lipinski definition) is 1. The van der Waals surface area contributed by atoms with E-state index in [0.29, 0.717) is 6.42 Å². The summed E-state index contributed by atoms with van der Waals surface area (Å²) in [6.45, 7) is 3.33. The fourth-order valence-corrected chi connectivity index (χ4v) is 2.72. The van der Waals surface area contributed by atoms with Crippen molar-refractivity contribution in [2.45, 2.75) is 38.7 Å². The Bertz CT molecular complexity index is 888. The molecule has 3 unspecified atom stereocenters. The van der Waals surface area contributed by atoms with Crippen molar-refractivity contribution >= 4 is 17.7 Å². The van der Waals surface area contributed by atoms with E-state index >= 15 is 0 Å². The van der Waals surface area contributed by atoms with Crippen LogP contribution in [0.4, 0.5) is 8.78 Å². The summed E-state index contributed by atoms with van der Waals surface area (Å²) >= 11 is 0. The summed E-state index contributed by atoms with van der Waals surface area (Å²) in [6, 6.07) is 7.83. The van der Waals surface area contributed by atoms with E-state index in [1.165, 1.54) is 18.3 Å². The van der Waals surface area contributed by atoms with Gasteiger partial charge in [0.1, 0.15) is 0 Å². The van der Waals surface area contributed by atoms with Gasteiger partial charge in [0.15, 0.2) is 17.4 Å². The van der Waals surface area contributed by atoms with Crippen molar-refractivity contribution in [2.24, 2.45) is 5.92 Å². The molecular formula is C21H21F2NO5. The molecule has 0 fully saturated rings. The molecule has 6 nitrogen and oxygen atoms in total. The molecule has 1 aromatic carbocycles. The summed E-state index contributed by atoms with van der Waals surface area (Å²) in [7, 11) is 0. The molecule has 3 atom stereocenters. The normalized spacial score (nSPS) is 13.9. The number of pyridine rings is 1. The molecule has 1 N–H and O–H groups in total.